The highest BCUT2D eigenvalue weighted by Crippen LogP contribution is 2.49. The average molecular weight is 780 g/mol. The highest BCUT2D eigenvalue weighted by atomic mass is 32.1. The highest BCUT2D eigenvalue weighted by Gasteiger charge is 2.23. The van der Waals surface area contributed by atoms with Crippen LogP contribution in [0.4, 0.5) is 17.1 Å². The van der Waals surface area contributed by atoms with E-state index in [0.29, 0.717) is 0 Å². The number of anilines is 3. The molecule has 1 aromatic heterocycles. The highest BCUT2D eigenvalue weighted by molar-refractivity contribution is 7.26. The zero-order valence-corrected chi connectivity index (χ0v) is 33.5. The number of fused-ring (bicyclic) bond motifs is 8. The van der Waals surface area contributed by atoms with Gasteiger partial charge in [-0.2, -0.15) is 0 Å². The average Bonchev–Trinajstić information content (AvgIpc) is 3.69. The summed E-state index contributed by atoms with van der Waals surface area (Å²) in [6.45, 7) is 0. The quantitative estimate of drug-likeness (QED) is 0.152. The zero-order chi connectivity index (χ0) is 39.6. The van der Waals surface area contributed by atoms with Crippen LogP contribution in [0.5, 0.6) is 0 Å². The van der Waals surface area contributed by atoms with E-state index in [-0.39, 0.29) is 0 Å². The van der Waals surface area contributed by atoms with E-state index in [4.69, 9.17) is 0 Å². The zero-order valence-electron chi connectivity index (χ0n) is 32.7. The molecule has 12 aromatic rings. The van der Waals surface area contributed by atoms with Gasteiger partial charge >= 0.3 is 0 Å². The van der Waals surface area contributed by atoms with Crippen molar-refractivity contribution in [2.24, 2.45) is 0 Å². The van der Waals surface area contributed by atoms with Gasteiger partial charge in [0, 0.05) is 31.2 Å². The lowest BCUT2D eigenvalue weighted by Crippen LogP contribution is -2.11. The Morgan fingerprint density at radius 1 is 0.283 bits per heavy atom. The van der Waals surface area contributed by atoms with E-state index in [1.54, 1.807) is 0 Å². The Morgan fingerprint density at radius 2 is 0.900 bits per heavy atom. The predicted molar refractivity (Wildman–Crippen MR) is 260 cm³/mol. The molecule has 1 heterocycles. The van der Waals surface area contributed by atoms with E-state index in [2.05, 4.69) is 229 Å². The molecule has 0 atom stereocenters. The number of thiophene rings is 1. The van der Waals surface area contributed by atoms with Gasteiger partial charge < -0.3 is 4.90 Å². The molecule has 11 aromatic carbocycles. The van der Waals surface area contributed by atoms with Gasteiger partial charge in [-0.3, -0.25) is 0 Å². The van der Waals surface area contributed by atoms with Gasteiger partial charge in [0.1, 0.15) is 0 Å². The van der Waals surface area contributed by atoms with E-state index in [0.717, 1.165) is 17.1 Å². The van der Waals surface area contributed by atoms with Gasteiger partial charge in [-0.05, 0) is 120 Å². The van der Waals surface area contributed by atoms with E-state index >= 15 is 0 Å². The van der Waals surface area contributed by atoms with Crippen LogP contribution in [-0.4, -0.2) is 0 Å². The first-order valence-corrected chi connectivity index (χ1v) is 21.4. The molecule has 0 saturated heterocycles. The van der Waals surface area contributed by atoms with Crippen molar-refractivity contribution in [2.75, 3.05) is 4.90 Å². The van der Waals surface area contributed by atoms with Gasteiger partial charge in [-0.15, -0.1) is 11.3 Å². The van der Waals surface area contributed by atoms with E-state index < -0.39 is 0 Å². The van der Waals surface area contributed by atoms with Crippen molar-refractivity contribution >= 4 is 91.7 Å². The van der Waals surface area contributed by atoms with Gasteiger partial charge in [0.05, 0.1) is 11.4 Å². The third kappa shape index (κ3) is 5.61. The van der Waals surface area contributed by atoms with Crippen molar-refractivity contribution in [2.45, 2.75) is 0 Å². The fourth-order valence-corrected chi connectivity index (χ4v) is 10.7. The first-order valence-electron chi connectivity index (χ1n) is 20.6. The lowest BCUT2D eigenvalue weighted by molar-refractivity contribution is 1.32. The number of rotatable bonds is 6. The molecule has 0 aliphatic carbocycles. The third-order valence-corrected chi connectivity index (χ3v) is 13.3. The minimum Gasteiger partial charge on any atom is -0.309 e. The maximum absolute atomic E-state index is 2.51. The Kier molecular flexibility index (Phi) is 8.11. The van der Waals surface area contributed by atoms with Crippen LogP contribution in [0.25, 0.3) is 96.6 Å². The third-order valence-electron chi connectivity index (χ3n) is 12.2. The lowest BCUT2D eigenvalue weighted by atomic mass is 9.89. The largest absolute Gasteiger partial charge is 0.309 e. The Bertz CT molecular complexity index is 3620. The van der Waals surface area contributed by atoms with Gasteiger partial charge in [-0.25, -0.2) is 0 Å². The van der Waals surface area contributed by atoms with Crippen molar-refractivity contribution in [1.29, 1.82) is 0 Å². The summed E-state index contributed by atoms with van der Waals surface area (Å²) in [5.41, 5.74) is 10.7. The minimum absolute atomic E-state index is 1.11. The topological polar surface area (TPSA) is 3.24 Å². The van der Waals surface area contributed by atoms with Crippen LogP contribution in [0, 0.1) is 0 Å². The molecule has 2 heteroatoms. The van der Waals surface area contributed by atoms with Crippen LogP contribution in [-0.2, 0) is 0 Å². The number of nitrogens with zero attached hydrogens (tertiary/aromatic N) is 1. The fourth-order valence-electron chi connectivity index (χ4n) is 9.49. The molecular formula is C58H37NS. The van der Waals surface area contributed by atoms with Crippen molar-refractivity contribution < 1.29 is 0 Å². The van der Waals surface area contributed by atoms with E-state index in [1.807, 2.05) is 11.3 Å². The molecule has 0 fully saturated rings. The van der Waals surface area contributed by atoms with Crippen LogP contribution in [0.15, 0.2) is 224 Å². The summed E-state index contributed by atoms with van der Waals surface area (Å²) in [5, 5.41) is 12.6. The SMILES string of the molecule is c1ccc(-c2ccc(N(c3cccc(-c4ccccc4-c4cc5ccccc5c5ccccc45)c3)c3cccc4sc5cc6ccccc6cc5c34)c3ccccc23)cc1. The molecule has 12 rings (SSSR count). The molecule has 0 spiro atoms. The lowest BCUT2D eigenvalue weighted by Gasteiger charge is -2.29. The second kappa shape index (κ2) is 14.1. The Labute approximate surface area is 352 Å². The maximum atomic E-state index is 2.51. The molecule has 1 nitrogen and oxygen atoms in total. The molecule has 0 N–H and O–H groups in total. The summed E-state index contributed by atoms with van der Waals surface area (Å²) in [7, 11) is 0. The summed E-state index contributed by atoms with van der Waals surface area (Å²) in [5.74, 6) is 0. The molecule has 60 heavy (non-hydrogen) atoms. The van der Waals surface area contributed by atoms with Gasteiger partial charge in [0.2, 0.25) is 0 Å². The molecule has 0 amide bonds. The molecule has 0 saturated carbocycles. The van der Waals surface area contributed by atoms with Crippen LogP contribution >= 0.6 is 11.3 Å². The second-order valence-corrected chi connectivity index (χ2v) is 16.7. The molecule has 280 valence electrons. The minimum atomic E-state index is 1.11. The van der Waals surface area contributed by atoms with Crippen LogP contribution in [0.3, 0.4) is 0 Å². The fraction of sp³-hybridized carbons (Fsp3) is 0. The number of benzene rings is 11. The van der Waals surface area contributed by atoms with Crippen LogP contribution in [0.1, 0.15) is 0 Å². The van der Waals surface area contributed by atoms with Gasteiger partial charge in [-0.1, -0.05) is 176 Å². The number of hydrogen-bond donors (Lipinski definition) is 0. The van der Waals surface area contributed by atoms with Gasteiger partial charge in [0.15, 0.2) is 0 Å². The predicted octanol–water partition coefficient (Wildman–Crippen LogP) is 17.1. The monoisotopic (exact) mass is 779 g/mol. The molecule has 0 bridgehead atoms. The Balaban J connectivity index is 1.12. The smallest absolute Gasteiger partial charge is 0.0555 e. The normalized spacial score (nSPS) is 11.7. The van der Waals surface area contributed by atoms with Crippen molar-refractivity contribution in [3.63, 3.8) is 0 Å². The Hall–Kier alpha value is -7.52. The summed E-state index contributed by atoms with van der Waals surface area (Å²) in [6.07, 6.45) is 0. The van der Waals surface area contributed by atoms with Crippen molar-refractivity contribution in [3.8, 4) is 33.4 Å². The van der Waals surface area contributed by atoms with Crippen LogP contribution in [0.2, 0.25) is 0 Å². The first-order chi connectivity index (χ1) is 29.8. The molecule has 0 unspecified atom stereocenters. The second-order valence-electron chi connectivity index (χ2n) is 15.6. The summed E-state index contributed by atoms with van der Waals surface area (Å²) in [4.78, 5) is 2.51. The van der Waals surface area contributed by atoms with Crippen molar-refractivity contribution in [3.05, 3.63) is 224 Å². The maximum Gasteiger partial charge on any atom is 0.0555 e. The van der Waals surface area contributed by atoms with E-state index in [9.17, 15) is 0 Å². The standard InChI is InChI=1S/C58H37NS/c1-2-16-38(17-3-1)46-32-33-54(51-29-13-12-26-48(46)51)59(55-30-15-31-56-58(55)53-35-39-18-4-5-19-40(39)37-57(53)60-56)43-22-14-21-41(34-43)44-24-8-9-27-49(44)52-36-42-20-6-7-23-45(42)47-25-10-11-28-50(47)52/h1-37H. The molecule has 0 aliphatic rings. The van der Waals surface area contributed by atoms with Crippen molar-refractivity contribution in [1.82, 2.24) is 0 Å². The summed E-state index contributed by atoms with van der Waals surface area (Å²) in [6, 6.07) is 82.6. The van der Waals surface area contributed by atoms with Crippen LogP contribution < -0.4 is 4.90 Å². The molecule has 0 aliphatic heterocycles. The number of hydrogen-bond acceptors (Lipinski definition) is 2. The Morgan fingerprint density at radius 3 is 1.72 bits per heavy atom. The molecule has 0 radical (unpaired) electrons. The molecular weight excluding hydrogens is 743 g/mol. The summed E-state index contributed by atoms with van der Waals surface area (Å²) >= 11 is 1.88. The van der Waals surface area contributed by atoms with E-state index in [1.165, 1.54) is 96.6 Å². The first kappa shape index (κ1) is 34.5. The summed E-state index contributed by atoms with van der Waals surface area (Å²) < 4.78 is 2.57. The van der Waals surface area contributed by atoms with Gasteiger partial charge in [0.25, 0.3) is 0 Å².